The second kappa shape index (κ2) is 12.2. The molecule has 3 aromatic heterocycles. The summed E-state index contributed by atoms with van der Waals surface area (Å²) < 4.78 is 54.3. The van der Waals surface area contributed by atoms with Gasteiger partial charge in [0.2, 0.25) is 5.88 Å². The van der Waals surface area contributed by atoms with Crippen LogP contribution < -0.4 is 19.7 Å². The predicted octanol–water partition coefficient (Wildman–Crippen LogP) is 5.10. The highest BCUT2D eigenvalue weighted by molar-refractivity contribution is 5.96. The molecule has 1 N–H and O–H groups in total. The van der Waals surface area contributed by atoms with E-state index in [9.17, 15) is 18.0 Å². The molecule has 1 unspecified atom stereocenters. The third-order valence-corrected chi connectivity index (χ3v) is 8.86. The number of aromatic nitrogens is 3. The summed E-state index contributed by atoms with van der Waals surface area (Å²) in [5.74, 6) is 0.0195. The normalized spacial score (nSPS) is 19.8. The van der Waals surface area contributed by atoms with Crippen molar-refractivity contribution in [1.82, 2.24) is 25.2 Å². The fourth-order valence-electron chi connectivity index (χ4n) is 6.70. The number of nitrogens with one attached hydrogen (secondary N) is 1. The van der Waals surface area contributed by atoms with E-state index in [1.165, 1.54) is 12.3 Å². The number of hydrogen-bond donors (Lipinski definition) is 1. The van der Waals surface area contributed by atoms with E-state index in [0.29, 0.717) is 74.9 Å². The maximum Gasteiger partial charge on any atom is 0.423 e. The number of nitrogens with zero attached hydrogens (tertiary/aromatic N) is 5. The summed E-state index contributed by atoms with van der Waals surface area (Å²) in [5.41, 5.74) is 1.24. The van der Waals surface area contributed by atoms with Crippen LogP contribution in [-0.4, -0.2) is 77.7 Å². The molecule has 1 amide bonds. The van der Waals surface area contributed by atoms with Crippen LogP contribution in [0.15, 0.2) is 42.7 Å². The molecule has 0 radical (unpaired) electrons. The number of halogens is 3. The van der Waals surface area contributed by atoms with Gasteiger partial charge in [-0.2, -0.15) is 13.2 Å². The lowest BCUT2D eigenvalue weighted by Gasteiger charge is -2.49. The Balaban J connectivity index is 1.36. The zero-order valence-corrected chi connectivity index (χ0v) is 25.0. The van der Waals surface area contributed by atoms with Gasteiger partial charge in [-0.25, -0.2) is 15.0 Å². The lowest BCUT2D eigenvalue weighted by Crippen LogP contribution is -2.57. The maximum absolute atomic E-state index is 14.3. The van der Waals surface area contributed by atoms with Crippen LogP contribution in [0.25, 0.3) is 11.3 Å². The van der Waals surface area contributed by atoms with Gasteiger partial charge in [-0.05, 0) is 69.0 Å². The van der Waals surface area contributed by atoms with E-state index in [2.05, 4.69) is 15.3 Å². The average Bonchev–Trinajstić information content (AvgIpc) is 3.57. The standard InChI is InChI=1S/C32H37F3N6O3/c1-3-18-44-25-10-15-37-28(26(25)32(33,34)35)40-16-11-31(12-17-40)20-41(21-9-14-36-19-21)30(42)27-23(31)7-8-24(39-27)22-6-5-13-38-29(22)43-4-2/h5-8,10,13,15,21,36H,3-4,9,11-12,14,16-20H2,1-2H3. The van der Waals surface area contributed by atoms with E-state index in [1.54, 1.807) is 17.2 Å². The first-order valence-corrected chi connectivity index (χ1v) is 15.3. The fourth-order valence-corrected chi connectivity index (χ4v) is 6.70. The van der Waals surface area contributed by atoms with Crippen molar-refractivity contribution < 1.29 is 27.4 Å². The molecular weight excluding hydrogens is 573 g/mol. The van der Waals surface area contributed by atoms with E-state index in [-0.39, 0.29) is 30.1 Å². The Bertz CT molecular complexity index is 1500. The minimum absolute atomic E-state index is 0.0271. The Morgan fingerprint density at radius 1 is 1.07 bits per heavy atom. The Kier molecular flexibility index (Phi) is 8.36. The number of carbonyl (C=O) groups excluding carboxylic acids is 1. The number of anilines is 1. The van der Waals surface area contributed by atoms with Crippen LogP contribution in [-0.2, 0) is 11.6 Å². The van der Waals surface area contributed by atoms with Crippen LogP contribution in [0.4, 0.5) is 19.0 Å². The van der Waals surface area contributed by atoms with Crippen LogP contribution in [0.2, 0.25) is 0 Å². The first kappa shape index (κ1) is 30.1. The van der Waals surface area contributed by atoms with Gasteiger partial charge in [0.15, 0.2) is 0 Å². The van der Waals surface area contributed by atoms with Gasteiger partial charge in [0.05, 0.1) is 24.5 Å². The minimum atomic E-state index is -4.62. The van der Waals surface area contributed by atoms with E-state index in [4.69, 9.17) is 14.5 Å². The summed E-state index contributed by atoms with van der Waals surface area (Å²) in [6.07, 6.45) is 0.927. The van der Waals surface area contributed by atoms with Gasteiger partial charge in [-0.3, -0.25) is 4.79 Å². The molecule has 44 heavy (non-hydrogen) atoms. The summed E-state index contributed by atoms with van der Waals surface area (Å²) in [6.45, 7) is 7.07. The van der Waals surface area contributed by atoms with Gasteiger partial charge < -0.3 is 24.6 Å². The highest BCUT2D eigenvalue weighted by atomic mass is 19.4. The van der Waals surface area contributed by atoms with Crippen molar-refractivity contribution in [2.24, 2.45) is 0 Å². The summed E-state index contributed by atoms with van der Waals surface area (Å²) >= 11 is 0. The quantitative estimate of drug-likeness (QED) is 0.377. The van der Waals surface area contributed by atoms with Crippen LogP contribution in [0.5, 0.6) is 11.6 Å². The van der Waals surface area contributed by atoms with Crippen molar-refractivity contribution in [3.05, 3.63) is 59.5 Å². The maximum atomic E-state index is 14.3. The summed E-state index contributed by atoms with van der Waals surface area (Å²) in [4.78, 5) is 31.1. The lowest BCUT2D eigenvalue weighted by atomic mass is 9.69. The molecule has 234 valence electrons. The largest absolute Gasteiger partial charge is 0.493 e. The molecule has 0 aromatic carbocycles. The monoisotopic (exact) mass is 610 g/mol. The van der Waals surface area contributed by atoms with Crippen molar-refractivity contribution in [3.8, 4) is 22.9 Å². The SMILES string of the molecule is CCCOc1ccnc(N2CCC3(CC2)CN(C2CCNC2)C(=O)c2nc(-c4cccnc4OCC)ccc23)c1C(F)(F)F. The van der Waals surface area contributed by atoms with E-state index in [0.717, 1.165) is 18.5 Å². The van der Waals surface area contributed by atoms with Crippen molar-refractivity contribution >= 4 is 11.7 Å². The number of carbonyl (C=O) groups is 1. The lowest BCUT2D eigenvalue weighted by molar-refractivity contribution is -0.138. The fraction of sp³-hybridized carbons (Fsp3) is 0.500. The van der Waals surface area contributed by atoms with Gasteiger partial charge >= 0.3 is 6.18 Å². The number of ether oxygens (including phenoxy) is 2. The number of pyridine rings is 3. The predicted molar refractivity (Wildman–Crippen MR) is 159 cm³/mol. The van der Waals surface area contributed by atoms with Crippen LogP contribution in [0.3, 0.4) is 0 Å². The molecule has 1 atom stereocenters. The second-order valence-electron chi connectivity index (χ2n) is 11.6. The number of piperidine rings is 1. The number of alkyl halides is 3. The zero-order valence-electron chi connectivity index (χ0n) is 25.0. The van der Waals surface area contributed by atoms with Gasteiger partial charge in [0.1, 0.15) is 22.8 Å². The Morgan fingerprint density at radius 3 is 2.59 bits per heavy atom. The second-order valence-corrected chi connectivity index (χ2v) is 11.6. The van der Waals surface area contributed by atoms with Crippen molar-refractivity contribution in [2.75, 3.05) is 50.8 Å². The third kappa shape index (κ3) is 5.55. The van der Waals surface area contributed by atoms with E-state index >= 15 is 0 Å². The Hall–Kier alpha value is -3.93. The molecule has 3 aliphatic rings. The minimum Gasteiger partial charge on any atom is -0.493 e. The molecule has 3 aliphatic heterocycles. The Labute approximate surface area is 254 Å². The van der Waals surface area contributed by atoms with E-state index in [1.807, 2.05) is 36.9 Å². The highest BCUT2D eigenvalue weighted by Crippen LogP contribution is 2.47. The third-order valence-electron chi connectivity index (χ3n) is 8.86. The molecule has 6 heterocycles. The average molecular weight is 611 g/mol. The molecule has 1 spiro atoms. The van der Waals surface area contributed by atoms with E-state index < -0.39 is 17.2 Å². The Morgan fingerprint density at radius 2 is 1.89 bits per heavy atom. The molecule has 3 aromatic rings. The number of hydrogen-bond acceptors (Lipinski definition) is 8. The molecule has 0 aliphatic carbocycles. The number of fused-ring (bicyclic) bond motifs is 2. The van der Waals surface area contributed by atoms with Crippen molar-refractivity contribution in [3.63, 3.8) is 0 Å². The number of amides is 1. The van der Waals surface area contributed by atoms with Gasteiger partial charge in [-0.1, -0.05) is 13.0 Å². The number of rotatable bonds is 8. The van der Waals surface area contributed by atoms with Gasteiger partial charge in [0, 0.05) is 50.0 Å². The molecular formula is C32H37F3N6O3. The zero-order chi connectivity index (χ0) is 30.9. The van der Waals surface area contributed by atoms with Crippen molar-refractivity contribution in [1.29, 1.82) is 0 Å². The summed E-state index contributed by atoms with van der Waals surface area (Å²) in [5, 5.41) is 3.36. The molecule has 6 rings (SSSR count). The first-order chi connectivity index (χ1) is 21.3. The molecule has 0 saturated carbocycles. The molecule has 0 bridgehead atoms. The smallest absolute Gasteiger partial charge is 0.423 e. The molecule has 12 heteroatoms. The van der Waals surface area contributed by atoms with Crippen LogP contribution in [0.1, 0.15) is 61.1 Å². The summed E-state index contributed by atoms with van der Waals surface area (Å²) in [7, 11) is 0. The van der Waals surface area contributed by atoms with Crippen molar-refractivity contribution in [2.45, 2.75) is 57.2 Å². The first-order valence-electron chi connectivity index (χ1n) is 15.3. The molecule has 2 fully saturated rings. The molecule has 2 saturated heterocycles. The van der Waals surface area contributed by atoms with Gasteiger partial charge in [-0.15, -0.1) is 0 Å². The molecule has 9 nitrogen and oxygen atoms in total. The highest BCUT2D eigenvalue weighted by Gasteiger charge is 2.49. The van der Waals surface area contributed by atoms with Crippen LogP contribution >= 0.6 is 0 Å². The van der Waals surface area contributed by atoms with Gasteiger partial charge in [0.25, 0.3) is 5.91 Å². The van der Waals surface area contributed by atoms with Crippen LogP contribution in [0, 0.1) is 0 Å². The summed E-state index contributed by atoms with van der Waals surface area (Å²) in [6, 6.07) is 8.85. The topological polar surface area (TPSA) is 92.7 Å².